The van der Waals surface area contributed by atoms with Crippen LogP contribution in [0.3, 0.4) is 0 Å². The molecule has 3 aromatic rings. The predicted octanol–water partition coefficient (Wildman–Crippen LogP) is 2.86. The van der Waals surface area contributed by atoms with Crippen LogP contribution in [0, 0.1) is 0 Å². The van der Waals surface area contributed by atoms with Gasteiger partial charge in [-0.25, -0.2) is 13.4 Å². The second-order valence-corrected chi connectivity index (χ2v) is 8.35. The van der Waals surface area contributed by atoms with E-state index in [-0.39, 0.29) is 6.04 Å². The van der Waals surface area contributed by atoms with Gasteiger partial charge in [0.25, 0.3) is 0 Å². The van der Waals surface area contributed by atoms with Gasteiger partial charge >= 0.3 is 0 Å². The van der Waals surface area contributed by atoms with E-state index in [1.54, 1.807) is 30.5 Å². The molecule has 0 saturated heterocycles. The Morgan fingerprint density at radius 1 is 1.08 bits per heavy atom. The average Bonchev–Trinajstić information content (AvgIpc) is 2.58. The highest BCUT2D eigenvalue weighted by Crippen LogP contribution is 2.21. The molecular weight excluding hydrogens is 350 g/mol. The molecule has 8 heteroatoms. The van der Waals surface area contributed by atoms with Gasteiger partial charge in [0.1, 0.15) is 5.52 Å². The third-order valence-electron chi connectivity index (χ3n) is 3.68. The van der Waals surface area contributed by atoms with Gasteiger partial charge < -0.3 is 10.6 Å². The van der Waals surface area contributed by atoms with Crippen molar-refractivity contribution in [2.24, 2.45) is 0 Å². The normalized spacial score (nSPS) is 11.7. The number of nitrogens with one attached hydrogen (secondary N) is 2. The van der Waals surface area contributed by atoms with Crippen molar-refractivity contribution >= 4 is 32.6 Å². The van der Waals surface area contributed by atoms with E-state index >= 15 is 0 Å². The minimum Gasteiger partial charge on any atom is -0.364 e. The van der Waals surface area contributed by atoms with Crippen molar-refractivity contribution in [2.45, 2.75) is 31.3 Å². The highest BCUT2D eigenvalue weighted by molar-refractivity contribution is 7.90. The Balaban J connectivity index is 1.85. The first-order chi connectivity index (χ1) is 12.3. The van der Waals surface area contributed by atoms with Crippen LogP contribution in [0.2, 0.25) is 0 Å². The third-order valence-corrected chi connectivity index (χ3v) is 4.81. The lowest BCUT2D eigenvalue weighted by Crippen LogP contribution is -2.14. The summed E-state index contributed by atoms with van der Waals surface area (Å²) < 4.78 is 23.1. The van der Waals surface area contributed by atoms with Crippen molar-refractivity contribution in [2.75, 3.05) is 16.9 Å². The molecule has 0 bridgehead atoms. The van der Waals surface area contributed by atoms with E-state index in [1.165, 1.54) is 6.26 Å². The fourth-order valence-corrected chi connectivity index (χ4v) is 3.08. The molecule has 0 fully saturated rings. The minimum atomic E-state index is -3.19. The summed E-state index contributed by atoms with van der Waals surface area (Å²) in [5.74, 6) is 1.17. The molecule has 0 aliphatic heterocycles. The minimum absolute atomic E-state index is 0.209. The highest BCUT2D eigenvalue weighted by atomic mass is 32.2. The number of hydrogen-bond acceptors (Lipinski definition) is 7. The Labute approximate surface area is 152 Å². The maximum atomic E-state index is 11.5. The molecule has 2 N–H and O–H groups in total. The number of hydrogen-bond donors (Lipinski definition) is 2. The van der Waals surface area contributed by atoms with Crippen molar-refractivity contribution in [3.63, 3.8) is 0 Å². The van der Waals surface area contributed by atoms with Crippen LogP contribution >= 0.6 is 0 Å². The standard InChI is InChI=1S/C18H21N5O2S/c1-12(2)21-18-22-15-5-4-10-19-16(15)17(23-18)20-11-13-6-8-14(9-7-13)26(3,24)25/h4-10,12H,11H2,1-3H3,(H2,20,21,22,23). The van der Waals surface area contributed by atoms with Gasteiger partial charge in [-0.15, -0.1) is 0 Å². The molecule has 0 spiro atoms. The first-order valence-corrected chi connectivity index (χ1v) is 10.1. The molecule has 26 heavy (non-hydrogen) atoms. The molecule has 0 amide bonds. The van der Waals surface area contributed by atoms with Crippen LogP contribution in [0.4, 0.5) is 11.8 Å². The number of anilines is 2. The molecule has 0 saturated carbocycles. The van der Waals surface area contributed by atoms with E-state index in [2.05, 4.69) is 25.6 Å². The Hall–Kier alpha value is -2.74. The number of pyridine rings is 1. The lowest BCUT2D eigenvalue weighted by molar-refractivity contribution is 0.602. The van der Waals surface area contributed by atoms with Crippen LogP contribution in [0.5, 0.6) is 0 Å². The molecule has 0 atom stereocenters. The molecule has 1 aromatic carbocycles. The lowest BCUT2D eigenvalue weighted by Gasteiger charge is -2.13. The summed E-state index contributed by atoms with van der Waals surface area (Å²) in [7, 11) is -3.19. The van der Waals surface area contributed by atoms with E-state index in [4.69, 9.17) is 0 Å². The SMILES string of the molecule is CC(C)Nc1nc(NCc2ccc(S(C)(=O)=O)cc2)c2ncccc2n1. The number of sulfone groups is 1. The van der Waals surface area contributed by atoms with Crippen LogP contribution < -0.4 is 10.6 Å². The summed E-state index contributed by atoms with van der Waals surface area (Å²) in [5.41, 5.74) is 2.38. The largest absolute Gasteiger partial charge is 0.364 e. The van der Waals surface area contributed by atoms with Crippen LogP contribution in [0.1, 0.15) is 19.4 Å². The molecule has 3 rings (SSSR count). The number of rotatable bonds is 6. The molecule has 2 heterocycles. The zero-order chi connectivity index (χ0) is 18.7. The number of aromatic nitrogens is 3. The Morgan fingerprint density at radius 3 is 2.46 bits per heavy atom. The highest BCUT2D eigenvalue weighted by Gasteiger charge is 2.10. The molecular formula is C18H21N5O2S. The van der Waals surface area contributed by atoms with Crippen molar-refractivity contribution in [1.82, 2.24) is 15.0 Å². The van der Waals surface area contributed by atoms with E-state index < -0.39 is 9.84 Å². The van der Waals surface area contributed by atoms with Crippen LogP contribution in [-0.4, -0.2) is 35.7 Å². The fraction of sp³-hybridized carbons (Fsp3) is 0.278. The Kier molecular flexibility index (Phi) is 5.03. The van der Waals surface area contributed by atoms with E-state index in [9.17, 15) is 8.42 Å². The number of nitrogens with zero attached hydrogens (tertiary/aromatic N) is 3. The van der Waals surface area contributed by atoms with Crippen LogP contribution in [0.15, 0.2) is 47.5 Å². The van der Waals surface area contributed by atoms with Gasteiger partial charge in [0.2, 0.25) is 5.95 Å². The smallest absolute Gasteiger partial charge is 0.225 e. The summed E-state index contributed by atoms with van der Waals surface area (Å²) in [5, 5.41) is 6.48. The lowest BCUT2D eigenvalue weighted by atomic mass is 10.2. The summed E-state index contributed by atoms with van der Waals surface area (Å²) in [4.78, 5) is 13.7. The maximum absolute atomic E-state index is 11.5. The van der Waals surface area contributed by atoms with E-state index in [0.29, 0.717) is 28.7 Å². The second kappa shape index (κ2) is 7.25. The number of fused-ring (bicyclic) bond motifs is 1. The predicted molar refractivity (Wildman–Crippen MR) is 103 cm³/mol. The zero-order valence-corrected chi connectivity index (χ0v) is 15.7. The van der Waals surface area contributed by atoms with Crippen molar-refractivity contribution in [1.29, 1.82) is 0 Å². The van der Waals surface area contributed by atoms with Gasteiger partial charge in [0, 0.05) is 25.0 Å². The molecule has 2 aromatic heterocycles. The second-order valence-electron chi connectivity index (χ2n) is 6.34. The first-order valence-electron chi connectivity index (χ1n) is 8.25. The summed E-state index contributed by atoms with van der Waals surface area (Å²) >= 11 is 0. The van der Waals surface area contributed by atoms with Gasteiger partial charge in [-0.1, -0.05) is 12.1 Å². The molecule has 0 radical (unpaired) electrons. The van der Waals surface area contributed by atoms with E-state index in [1.807, 2.05) is 26.0 Å². The van der Waals surface area contributed by atoms with Gasteiger partial charge in [-0.05, 0) is 43.7 Å². The van der Waals surface area contributed by atoms with E-state index in [0.717, 1.165) is 11.1 Å². The first kappa shape index (κ1) is 18.1. The van der Waals surface area contributed by atoms with Crippen molar-refractivity contribution in [3.05, 3.63) is 48.2 Å². The van der Waals surface area contributed by atoms with Gasteiger partial charge in [0.05, 0.1) is 10.4 Å². The summed E-state index contributed by atoms with van der Waals surface area (Å²) in [6, 6.07) is 10.7. The quantitative estimate of drug-likeness (QED) is 0.687. The molecule has 0 aliphatic rings. The van der Waals surface area contributed by atoms with Crippen LogP contribution in [-0.2, 0) is 16.4 Å². The molecule has 0 aliphatic carbocycles. The zero-order valence-electron chi connectivity index (χ0n) is 14.9. The number of benzene rings is 1. The summed E-state index contributed by atoms with van der Waals surface area (Å²) in [6.45, 7) is 4.54. The molecule has 7 nitrogen and oxygen atoms in total. The van der Waals surface area contributed by atoms with Crippen LogP contribution in [0.25, 0.3) is 11.0 Å². The van der Waals surface area contributed by atoms with Gasteiger partial charge in [-0.2, -0.15) is 4.98 Å². The maximum Gasteiger partial charge on any atom is 0.225 e. The monoisotopic (exact) mass is 371 g/mol. The van der Waals surface area contributed by atoms with Gasteiger partial charge in [-0.3, -0.25) is 4.98 Å². The molecule has 136 valence electrons. The summed E-state index contributed by atoms with van der Waals surface area (Å²) in [6.07, 6.45) is 2.90. The fourth-order valence-electron chi connectivity index (χ4n) is 2.45. The van der Waals surface area contributed by atoms with Crippen molar-refractivity contribution < 1.29 is 8.42 Å². The Morgan fingerprint density at radius 2 is 1.81 bits per heavy atom. The topological polar surface area (TPSA) is 96.9 Å². The Bertz CT molecular complexity index is 1020. The van der Waals surface area contributed by atoms with Crippen molar-refractivity contribution in [3.8, 4) is 0 Å². The average molecular weight is 371 g/mol. The van der Waals surface area contributed by atoms with Gasteiger partial charge in [0.15, 0.2) is 15.7 Å². The third kappa shape index (κ3) is 4.26. The molecule has 0 unspecified atom stereocenters.